The van der Waals surface area contributed by atoms with Gasteiger partial charge in [0.05, 0.1) is 22.4 Å². The Morgan fingerprint density at radius 3 is 1.97 bits per heavy atom. The van der Waals surface area contributed by atoms with Crippen LogP contribution in [0.1, 0.15) is 50.7 Å². The van der Waals surface area contributed by atoms with E-state index in [4.69, 9.17) is 13.8 Å². The number of para-hydroxylation sites is 3. The molecule has 7 aromatic carbocycles. The molecule has 5 heterocycles. The Hall–Kier alpha value is -7.70. The maximum atomic E-state index is 6.51. The van der Waals surface area contributed by atoms with Crippen LogP contribution in [0.4, 0.5) is 0 Å². The third-order valence-electron chi connectivity index (χ3n) is 12.5. The molecule has 6 nitrogen and oxygen atoms in total. The largest absolute Gasteiger partial charge is 0.501 e. The second-order valence-corrected chi connectivity index (χ2v) is 17.4. The first kappa shape index (κ1) is 44.2. The van der Waals surface area contributed by atoms with Crippen LogP contribution < -0.4 is 0 Å². The summed E-state index contributed by atoms with van der Waals surface area (Å²) >= 11 is 0. The fourth-order valence-electron chi connectivity index (χ4n) is 9.20. The molecule has 0 atom stereocenters. The van der Waals surface area contributed by atoms with Crippen molar-refractivity contribution in [2.45, 2.75) is 39.5 Å². The number of imidazole rings is 1. The van der Waals surface area contributed by atoms with Crippen molar-refractivity contribution >= 4 is 44.1 Å². The molecule has 0 spiro atoms. The molecule has 1 radical (unpaired) electrons. The number of furan rings is 2. The average Bonchev–Trinajstić information content (AvgIpc) is 4.11. The normalized spacial score (nSPS) is 11.4. The van der Waals surface area contributed by atoms with Crippen molar-refractivity contribution in [3.05, 3.63) is 218 Å². The molecule has 5 aromatic heterocycles. The summed E-state index contributed by atoms with van der Waals surface area (Å²) in [7, 11) is 0. The molecular weight excluding hydrogens is 1010 g/mol. The smallest absolute Gasteiger partial charge is 0.226 e. The summed E-state index contributed by atoms with van der Waals surface area (Å²) in [6.45, 7) is 9.15. The van der Waals surface area contributed by atoms with Gasteiger partial charge in [-0.05, 0) is 105 Å². The summed E-state index contributed by atoms with van der Waals surface area (Å²) in [4.78, 5) is 14.0. The second kappa shape index (κ2) is 18.9. The van der Waals surface area contributed by atoms with Crippen molar-refractivity contribution in [1.82, 2.24) is 19.5 Å². The molecule has 0 saturated carbocycles. The SMILES string of the molecule is CC(C)c1cc(-c2ccc(-c3ccccc3)cc2)cc(C(C)C)c1-n1c(-c2[c-]ccc3c2oc2ccccc23)nc2ccccc21.[Ir].[c-]1ccccc1-c1ncccc1-c1coc2ncccc12. The van der Waals surface area contributed by atoms with E-state index in [1.54, 1.807) is 18.7 Å². The van der Waals surface area contributed by atoms with Gasteiger partial charge in [0.2, 0.25) is 5.71 Å². The van der Waals surface area contributed by atoms with E-state index < -0.39 is 0 Å². The van der Waals surface area contributed by atoms with Gasteiger partial charge in [-0.15, -0.1) is 54.1 Å². The topological polar surface area (TPSA) is 69.9 Å². The van der Waals surface area contributed by atoms with Crippen molar-refractivity contribution in [3.8, 4) is 61.7 Å². The first-order valence-corrected chi connectivity index (χ1v) is 22.8. The number of nitrogens with zero attached hydrogens (tertiary/aromatic N) is 4. The number of benzene rings is 7. The van der Waals surface area contributed by atoms with E-state index in [0.29, 0.717) is 5.71 Å². The monoisotopic (exact) mass is 1060 g/mol. The van der Waals surface area contributed by atoms with Crippen molar-refractivity contribution in [1.29, 1.82) is 0 Å². The minimum atomic E-state index is 0. The molecule has 12 rings (SSSR count). The number of hydrogen-bond acceptors (Lipinski definition) is 5. The Balaban J connectivity index is 0.000000204. The Morgan fingerprint density at radius 1 is 0.544 bits per heavy atom. The van der Waals surface area contributed by atoms with E-state index in [0.717, 1.165) is 72.1 Å². The van der Waals surface area contributed by atoms with E-state index >= 15 is 0 Å². The van der Waals surface area contributed by atoms with E-state index in [1.807, 2.05) is 66.7 Å². The fourth-order valence-corrected chi connectivity index (χ4v) is 9.20. The number of rotatable bonds is 8. The van der Waals surface area contributed by atoms with Gasteiger partial charge in [0, 0.05) is 54.5 Å². The Kier molecular flexibility index (Phi) is 12.3. The maximum absolute atomic E-state index is 6.51. The third kappa shape index (κ3) is 8.14. The summed E-state index contributed by atoms with van der Waals surface area (Å²) in [5, 5.41) is 3.16. The zero-order valence-corrected chi connectivity index (χ0v) is 40.5. The molecule has 333 valence electrons. The van der Waals surface area contributed by atoms with Crippen LogP contribution in [0.5, 0.6) is 0 Å². The van der Waals surface area contributed by atoms with Crippen molar-refractivity contribution < 1.29 is 28.9 Å². The Bertz CT molecular complexity index is 3670. The molecular formula is C61H46IrN4O2-2. The number of hydrogen-bond donors (Lipinski definition) is 0. The molecule has 12 aromatic rings. The summed E-state index contributed by atoms with van der Waals surface area (Å²) in [5.74, 6) is 1.39. The van der Waals surface area contributed by atoms with Gasteiger partial charge in [0.25, 0.3) is 0 Å². The number of pyridine rings is 2. The van der Waals surface area contributed by atoms with Crippen LogP contribution in [0.15, 0.2) is 203 Å². The predicted molar refractivity (Wildman–Crippen MR) is 273 cm³/mol. The average molecular weight is 1060 g/mol. The van der Waals surface area contributed by atoms with Crippen LogP contribution in [-0.2, 0) is 20.1 Å². The van der Waals surface area contributed by atoms with Gasteiger partial charge in [0.15, 0.2) is 0 Å². The molecule has 0 amide bonds. The molecule has 0 aliphatic heterocycles. The van der Waals surface area contributed by atoms with Crippen molar-refractivity contribution in [3.63, 3.8) is 0 Å². The van der Waals surface area contributed by atoms with Gasteiger partial charge >= 0.3 is 0 Å². The molecule has 7 heteroatoms. The standard InChI is InChI=1S/C43H35N2O.C18H11N2O.Ir/c1-27(2)36-25-32(31-23-21-30(22-24-31)29-13-6-5-7-14-29)26-37(28(3)4)41(36)45-39-19-10-9-18-38(39)44-43(45)35-17-12-16-34-33-15-8-11-20-40(33)46-42(34)35;1-2-6-13(7-3-1)17-14(8-4-10-19-17)16-12-21-18-15(16)9-5-11-20-18;/h5-16,18-28H,1-4H3;1-6,8-12H;/q2*-1;. The number of fused-ring (bicyclic) bond motifs is 5. The molecule has 0 unspecified atom stereocenters. The summed E-state index contributed by atoms with van der Waals surface area (Å²) in [6, 6.07) is 67.5. The summed E-state index contributed by atoms with van der Waals surface area (Å²) in [5.41, 5.74) is 17.7. The van der Waals surface area contributed by atoms with Gasteiger partial charge in [0.1, 0.15) is 11.8 Å². The van der Waals surface area contributed by atoms with Gasteiger partial charge < -0.3 is 18.4 Å². The van der Waals surface area contributed by atoms with Crippen molar-refractivity contribution in [2.24, 2.45) is 0 Å². The first-order valence-electron chi connectivity index (χ1n) is 22.8. The summed E-state index contributed by atoms with van der Waals surface area (Å²) < 4.78 is 14.4. The van der Waals surface area contributed by atoms with Gasteiger partial charge in [-0.2, -0.15) is 0 Å². The minimum Gasteiger partial charge on any atom is -0.501 e. The van der Waals surface area contributed by atoms with Crippen LogP contribution in [0, 0.1) is 12.1 Å². The van der Waals surface area contributed by atoms with Crippen LogP contribution in [-0.4, -0.2) is 19.5 Å². The van der Waals surface area contributed by atoms with Crippen LogP contribution in [0.25, 0.3) is 106 Å². The molecule has 0 aliphatic rings. The fraction of sp³-hybridized carbons (Fsp3) is 0.0984. The first-order chi connectivity index (χ1) is 32.9. The molecule has 0 N–H and O–H groups in total. The Labute approximate surface area is 409 Å². The molecule has 0 bridgehead atoms. The van der Waals surface area contributed by atoms with E-state index in [1.165, 1.54) is 39.1 Å². The molecule has 0 fully saturated rings. The Morgan fingerprint density at radius 2 is 1.21 bits per heavy atom. The van der Waals surface area contributed by atoms with E-state index in [2.05, 4.69) is 164 Å². The molecule has 0 aliphatic carbocycles. The quantitative estimate of drug-likeness (QED) is 0.142. The van der Waals surface area contributed by atoms with Gasteiger partial charge in [-0.25, -0.2) is 4.98 Å². The summed E-state index contributed by atoms with van der Waals surface area (Å²) in [6.07, 6.45) is 5.26. The minimum absolute atomic E-state index is 0. The third-order valence-corrected chi connectivity index (χ3v) is 12.5. The molecule has 0 saturated heterocycles. The predicted octanol–water partition coefficient (Wildman–Crippen LogP) is 16.3. The maximum Gasteiger partial charge on any atom is 0.226 e. The van der Waals surface area contributed by atoms with Crippen LogP contribution in [0.2, 0.25) is 0 Å². The zero-order valence-electron chi connectivity index (χ0n) is 38.1. The van der Waals surface area contributed by atoms with E-state index in [-0.39, 0.29) is 31.9 Å². The molecule has 68 heavy (non-hydrogen) atoms. The second-order valence-electron chi connectivity index (χ2n) is 17.4. The zero-order chi connectivity index (χ0) is 45.4. The van der Waals surface area contributed by atoms with Crippen LogP contribution in [0.3, 0.4) is 0 Å². The van der Waals surface area contributed by atoms with Gasteiger partial charge in [-0.3, -0.25) is 4.98 Å². The van der Waals surface area contributed by atoms with Crippen molar-refractivity contribution in [2.75, 3.05) is 0 Å². The van der Waals surface area contributed by atoms with Gasteiger partial charge in [-0.1, -0.05) is 130 Å². The van der Waals surface area contributed by atoms with Crippen LogP contribution >= 0.6 is 0 Å². The van der Waals surface area contributed by atoms with E-state index in [9.17, 15) is 0 Å². The number of aromatic nitrogens is 4.